The third-order valence-corrected chi connectivity index (χ3v) is 5.07. The molecule has 2 aromatic carbocycles. The number of hydrogen-bond acceptors (Lipinski definition) is 0. The van der Waals surface area contributed by atoms with Gasteiger partial charge in [-0.25, -0.2) is 0 Å². The molecule has 2 aromatic rings. The van der Waals surface area contributed by atoms with Crippen LogP contribution in [0.1, 0.15) is 76.3 Å². The Labute approximate surface area is 143 Å². The van der Waals surface area contributed by atoms with Crippen LogP contribution < -0.4 is 0 Å². The number of rotatable bonds is 10. The topological polar surface area (TPSA) is 0 Å². The Morgan fingerprint density at radius 2 is 0.957 bits per heavy atom. The molecular formula is C23H32. The van der Waals surface area contributed by atoms with Crippen LogP contribution in [0.25, 0.3) is 0 Å². The van der Waals surface area contributed by atoms with Crippen LogP contribution in [0.2, 0.25) is 0 Å². The predicted molar refractivity (Wildman–Crippen MR) is 102 cm³/mol. The molecule has 0 saturated carbocycles. The van der Waals surface area contributed by atoms with Gasteiger partial charge in [0.25, 0.3) is 0 Å². The molecule has 0 spiro atoms. The van der Waals surface area contributed by atoms with Crippen molar-refractivity contribution in [3.05, 3.63) is 71.8 Å². The van der Waals surface area contributed by atoms with Crippen LogP contribution in [-0.4, -0.2) is 0 Å². The highest BCUT2D eigenvalue weighted by atomic mass is 14.4. The first-order valence-corrected chi connectivity index (χ1v) is 9.44. The second kappa shape index (κ2) is 9.55. The fraction of sp³-hybridized carbons (Fsp3) is 0.478. The lowest BCUT2D eigenvalue weighted by atomic mass is 9.68. The quantitative estimate of drug-likeness (QED) is 0.409. The van der Waals surface area contributed by atoms with Gasteiger partial charge in [-0.05, 0) is 24.0 Å². The van der Waals surface area contributed by atoms with Crippen molar-refractivity contribution < 1.29 is 0 Å². The maximum Gasteiger partial charge on any atom is 0.0202 e. The molecule has 0 radical (unpaired) electrons. The summed E-state index contributed by atoms with van der Waals surface area (Å²) in [5.74, 6) is 0. The molecule has 0 aliphatic rings. The van der Waals surface area contributed by atoms with Crippen molar-refractivity contribution in [3.8, 4) is 0 Å². The van der Waals surface area contributed by atoms with Crippen LogP contribution >= 0.6 is 0 Å². The maximum atomic E-state index is 2.34. The largest absolute Gasteiger partial charge is 0.0654 e. The van der Waals surface area contributed by atoms with Crippen LogP contribution in [0.3, 0.4) is 0 Å². The molecule has 0 heteroatoms. The predicted octanol–water partition coefficient (Wildman–Crippen LogP) is 7.13. The van der Waals surface area contributed by atoms with E-state index in [1.807, 2.05) is 0 Å². The molecule has 0 N–H and O–H groups in total. The Morgan fingerprint density at radius 3 is 1.30 bits per heavy atom. The zero-order valence-electron chi connectivity index (χ0n) is 14.9. The SMILES string of the molecule is CCCCCC(CCCCC)(c1ccccc1)c1ccccc1. The normalized spacial score (nSPS) is 11.6. The number of unbranched alkanes of at least 4 members (excludes halogenated alkanes) is 4. The summed E-state index contributed by atoms with van der Waals surface area (Å²) >= 11 is 0. The van der Waals surface area contributed by atoms with Gasteiger partial charge in [0.05, 0.1) is 0 Å². The summed E-state index contributed by atoms with van der Waals surface area (Å²) in [6.07, 6.45) is 10.4. The van der Waals surface area contributed by atoms with Crippen molar-refractivity contribution in [2.45, 2.75) is 70.6 Å². The molecule has 0 nitrogen and oxygen atoms in total. The van der Waals surface area contributed by atoms with Gasteiger partial charge in [0.15, 0.2) is 0 Å². The first kappa shape index (κ1) is 17.8. The van der Waals surface area contributed by atoms with Gasteiger partial charge < -0.3 is 0 Å². The van der Waals surface area contributed by atoms with E-state index in [0.717, 1.165) is 0 Å². The molecule has 124 valence electrons. The van der Waals surface area contributed by atoms with Crippen molar-refractivity contribution in [2.24, 2.45) is 0 Å². The fourth-order valence-electron chi connectivity index (χ4n) is 3.74. The van der Waals surface area contributed by atoms with Crippen LogP contribution in [0.4, 0.5) is 0 Å². The van der Waals surface area contributed by atoms with Crippen molar-refractivity contribution in [1.29, 1.82) is 0 Å². The standard InChI is InChI=1S/C23H32/c1-3-5-13-19-23(20-14-6-4-2,21-15-9-7-10-16-21)22-17-11-8-12-18-22/h7-12,15-18H,3-6,13-14,19-20H2,1-2H3. The van der Waals surface area contributed by atoms with Crippen molar-refractivity contribution in [3.63, 3.8) is 0 Å². The molecule has 0 aliphatic heterocycles. The Bertz CT molecular complexity index is 475. The van der Waals surface area contributed by atoms with Crippen molar-refractivity contribution in [1.82, 2.24) is 0 Å². The molecule has 0 heterocycles. The van der Waals surface area contributed by atoms with Crippen LogP contribution in [0.15, 0.2) is 60.7 Å². The first-order chi connectivity index (χ1) is 11.3. The molecule has 0 fully saturated rings. The Kier molecular flexibility index (Phi) is 7.39. The maximum absolute atomic E-state index is 2.34. The van der Waals surface area contributed by atoms with Gasteiger partial charge in [-0.3, -0.25) is 0 Å². The smallest absolute Gasteiger partial charge is 0.0202 e. The van der Waals surface area contributed by atoms with E-state index in [1.54, 1.807) is 0 Å². The minimum Gasteiger partial charge on any atom is -0.0654 e. The highest BCUT2D eigenvalue weighted by Gasteiger charge is 2.32. The first-order valence-electron chi connectivity index (χ1n) is 9.44. The molecule has 0 aliphatic carbocycles. The summed E-state index contributed by atoms with van der Waals surface area (Å²) in [6, 6.07) is 22.4. The van der Waals surface area contributed by atoms with Gasteiger partial charge in [-0.2, -0.15) is 0 Å². The fourth-order valence-corrected chi connectivity index (χ4v) is 3.74. The Morgan fingerprint density at radius 1 is 0.565 bits per heavy atom. The van der Waals surface area contributed by atoms with Crippen LogP contribution in [-0.2, 0) is 5.41 Å². The average Bonchev–Trinajstić information content (AvgIpc) is 2.62. The lowest BCUT2D eigenvalue weighted by Crippen LogP contribution is -2.28. The third kappa shape index (κ3) is 4.70. The molecule has 0 amide bonds. The van der Waals surface area contributed by atoms with Crippen molar-refractivity contribution in [2.75, 3.05) is 0 Å². The molecule has 0 unspecified atom stereocenters. The molecule has 0 bridgehead atoms. The molecule has 0 aromatic heterocycles. The van der Waals surface area contributed by atoms with Gasteiger partial charge >= 0.3 is 0 Å². The van der Waals surface area contributed by atoms with E-state index >= 15 is 0 Å². The summed E-state index contributed by atoms with van der Waals surface area (Å²) < 4.78 is 0. The monoisotopic (exact) mass is 308 g/mol. The molecular weight excluding hydrogens is 276 g/mol. The number of benzene rings is 2. The van der Waals surface area contributed by atoms with Crippen LogP contribution in [0.5, 0.6) is 0 Å². The lowest BCUT2D eigenvalue weighted by Gasteiger charge is -2.36. The van der Waals surface area contributed by atoms with E-state index in [0.29, 0.717) is 0 Å². The van der Waals surface area contributed by atoms with Crippen molar-refractivity contribution >= 4 is 0 Å². The van der Waals surface area contributed by atoms with Gasteiger partial charge in [0, 0.05) is 5.41 Å². The lowest BCUT2D eigenvalue weighted by molar-refractivity contribution is 0.397. The molecule has 0 atom stereocenters. The van der Waals surface area contributed by atoms with E-state index in [1.165, 1.54) is 62.5 Å². The minimum absolute atomic E-state index is 0.187. The van der Waals surface area contributed by atoms with E-state index in [2.05, 4.69) is 74.5 Å². The van der Waals surface area contributed by atoms with Gasteiger partial charge in [0.2, 0.25) is 0 Å². The molecule has 0 saturated heterocycles. The Hall–Kier alpha value is -1.56. The summed E-state index contributed by atoms with van der Waals surface area (Å²) in [5, 5.41) is 0. The minimum atomic E-state index is 0.187. The molecule has 23 heavy (non-hydrogen) atoms. The molecule has 2 rings (SSSR count). The zero-order valence-corrected chi connectivity index (χ0v) is 14.9. The van der Waals surface area contributed by atoms with E-state index < -0.39 is 0 Å². The van der Waals surface area contributed by atoms with Gasteiger partial charge in [-0.1, -0.05) is 113 Å². The summed E-state index contributed by atoms with van der Waals surface area (Å²) in [4.78, 5) is 0. The highest BCUT2D eigenvalue weighted by Crippen LogP contribution is 2.41. The van der Waals surface area contributed by atoms with Crippen LogP contribution in [0, 0.1) is 0 Å². The Balaban J connectivity index is 2.39. The van der Waals surface area contributed by atoms with E-state index in [4.69, 9.17) is 0 Å². The van der Waals surface area contributed by atoms with Gasteiger partial charge in [-0.15, -0.1) is 0 Å². The second-order valence-electron chi connectivity index (χ2n) is 6.73. The summed E-state index contributed by atoms with van der Waals surface area (Å²) in [7, 11) is 0. The zero-order chi connectivity index (χ0) is 16.4. The summed E-state index contributed by atoms with van der Waals surface area (Å²) in [5.41, 5.74) is 3.18. The van der Waals surface area contributed by atoms with E-state index in [9.17, 15) is 0 Å². The second-order valence-corrected chi connectivity index (χ2v) is 6.73. The van der Waals surface area contributed by atoms with E-state index in [-0.39, 0.29) is 5.41 Å². The highest BCUT2D eigenvalue weighted by molar-refractivity contribution is 5.39. The third-order valence-electron chi connectivity index (χ3n) is 5.07. The average molecular weight is 309 g/mol. The summed E-state index contributed by atoms with van der Waals surface area (Å²) in [6.45, 7) is 4.59. The van der Waals surface area contributed by atoms with Gasteiger partial charge in [0.1, 0.15) is 0 Å². The number of hydrogen-bond donors (Lipinski definition) is 0.